The van der Waals surface area contributed by atoms with Gasteiger partial charge in [0.1, 0.15) is 0 Å². The van der Waals surface area contributed by atoms with E-state index in [0.717, 1.165) is 0 Å². The van der Waals surface area contributed by atoms with Crippen molar-refractivity contribution in [1.29, 1.82) is 0 Å². The Bertz CT molecular complexity index is 330. The van der Waals surface area contributed by atoms with Crippen molar-refractivity contribution in [2.45, 2.75) is 12.5 Å². The highest BCUT2D eigenvalue weighted by Gasteiger charge is 2.10. The number of hydrogen-bond acceptors (Lipinski definition) is 3. The summed E-state index contributed by atoms with van der Waals surface area (Å²) in [7, 11) is 0. The number of nitro benzene ring substituents is 1. The van der Waals surface area contributed by atoms with E-state index >= 15 is 0 Å². The van der Waals surface area contributed by atoms with Crippen LogP contribution in [0, 0.1) is 10.1 Å². The summed E-state index contributed by atoms with van der Waals surface area (Å²) in [4.78, 5) is 9.93. The number of rotatable bonds is 4. The van der Waals surface area contributed by atoms with E-state index in [1.165, 1.54) is 12.1 Å². The van der Waals surface area contributed by atoms with Gasteiger partial charge in [-0.05, 0) is 12.0 Å². The molecule has 0 aliphatic carbocycles. The number of benzene rings is 1. The van der Waals surface area contributed by atoms with E-state index in [1.54, 1.807) is 12.1 Å². The first-order chi connectivity index (χ1) is 6.65. The molecule has 1 aromatic rings. The van der Waals surface area contributed by atoms with E-state index in [2.05, 4.69) is 0 Å². The van der Waals surface area contributed by atoms with Gasteiger partial charge in [-0.15, -0.1) is 0 Å². The van der Waals surface area contributed by atoms with E-state index in [0.29, 0.717) is 5.56 Å². The van der Waals surface area contributed by atoms with Crippen molar-refractivity contribution in [3.63, 3.8) is 0 Å². The first kappa shape index (κ1) is 10.6. The largest absolute Gasteiger partial charge is 0.324 e. The molecule has 0 aliphatic rings. The third-order valence-corrected chi connectivity index (χ3v) is 1.93. The van der Waals surface area contributed by atoms with Crippen LogP contribution < -0.4 is 5.73 Å². The first-order valence-corrected chi connectivity index (χ1v) is 4.21. The minimum absolute atomic E-state index is 0.0168. The topological polar surface area (TPSA) is 69.2 Å². The molecule has 2 N–H and O–H groups in total. The van der Waals surface area contributed by atoms with Gasteiger partial charge < -0.3 is 5.73 Å². The zero-order valence-corrected chi connectivity index (χ0v) is 7.52. The predicted molar refractivity (Wildman–Crippen MR) is 50.6 cm³/mol. The van der Waals surface area contributed by atoms with Crippen LogP contribution in [0.3, 0.4) is 0 Å². The number of nitrogens with zero attached hydrogens (tertiary/aromatic N) is 1. The van der Waals surface area contributed by atoms with E-state index in [-0.39, 0.29) is 12.1 Å². The second kappa shape index (κ2) is 4.66. The molecule has 76 valence electrons. The summed E-state index contributed by atoms with van der Waals surface area (Å²) >= 11 is 0. The minimum Gasteiger partial charge on any atom is -0.324 e. The molecule has 5 heteroatoms. The lowest BCUT2D eigenvalue weighted by Crippen LogP contribution is -2.11. The Kier molecular flexibility index (Phi) is 3.53. The first-order valence-electron chi connectivity index (χ1n) is 4.21. The van der Waals surface area contributed by atoms with Gasteiger partial charge in [0.2, 0.25) is 0 Å². The molecule has 1 atom stereocenters. The second-order valence-corrected chi connectivity index (χ2v) is 2.94. The maximum Gasteiger partial charge on any atom is 0.269 e. The fourth-order valence-corrected chi connectivity index (χ4v) is 1.15. The molecule has 0 amide bonds. The van der Waals surface area contributed by atoms with Crippen LogP contribution in [-0.2, 0) is 0 Å². The van der Waals surface area contributed by atoms with Crippen LogP contribution in [0.1, 0.15) is 18.0 Å². The van der Waals surface area contributed by atoms with Crippen LogP contribution in [0.25, 0.3) is 0 Å². The molecule has 0 radical (unpaired) electrons. The fraction of sp³-hybridized carbons (Fsp3) is 0.333. The summed E-state index contributed by atoms with van der Waals surface area (Å²) in [5.74, 6) is 0. The molecular formula is C9H11FN2O2. The second-order valence-electron chi connectivity index (χ2n) is 2.94. The average Bonchev–Trinajstić information content (AvgIpc) is 2.18. The van der Waals surface area contributed by atoms with Crippen LogP contribution in [0.4, 0.5) is 10.1 Å². The van der Waals surface area contributed by atoms with Crippen molar-refractivity contribution in [3.05, 3.63) is 39.9 Å². The van der Waals surface area contributed by atoms with Gasteiger partial charge in [0.25, 0.3) is 5.69 Å². The Labute approximate surface area is 80.7 Å². The monoisotopic (exact) mass is 198 g/mol. The molecular weight excluding hydrogens is 187 g/mol. The highest BCUT2D eigenvalue weighted by molar-refractivity contribution is 5.35. The minimum atomic E-state index is -0.524. The zero-order chi connectivity index (χ0) is 10.6. The average molecular weight is 198 g/mol. The number of non-ortho nitro benzene ring substituents is 1. The van der Waals surface area contributed by atoms with Crippen LogP contribution in [-0.4, -0.2) is 11.6 Å². The van der Waals surface area contributed by atoms with E-state index in [1.807, 2.05) is 0 Å². The zero-order valence-electron chi connectivity index (χ0n) is 7.52. The van der Waals surface area contributed by atoms with Crippen LogP contribution in [0.5, 0.6) is 0 Å². The van der Waals surface area contributed by atoms with Gasteiger partial charge in [0.05, 0.1) is 11.6 Å². The molecule has 0 fully saturated rings. The standard InChI is InChI=1S/C9H11FN2O2/c10-5-4-9(11)7-2-1-3-8(6-7)12(13)14/h1-3,6,9H,4-5,11H2/t9-/m0/s1. The number of nitro groups is 1. The SMILES string of the molecule is N[C@@H](CCF)c1cccc([N+](=O)[O-])c1. The highest BCUT2D eigenvalue weighted by Crippen LogP contribution is 2.19. The molecule has 0 saturated heterocycles. The predicted octanol–water partition coefficient (Wildman–Crippen LogP) is 1.95. The molecule has 14 heavy (non-hydrogen) atoms. The van der Waals surface area contributed by atoms with E-state index in [9.17, 15) is 14.5 Å². The summed E-state index contributed by atoms with van der Waals surface area (Å²) in [6, 6.07) is 5.49. The van der Waals surface area contributed by atoms with E-state index < -0.39 is 17.6 Å². The Morgan fingerprint density at radius 2 is 2.29 bits per heavy atom. The lowest BCUT2D eigenvalue weighted by molar-refractivity contribution is -0.384. The maximum atomic E-state index is 12.0. The summed E-state index contributed by atoms with van der Waals surface area (Å²) < 4.78 is 12.0. The summed E-state index contributed by atoms with van der Waals surface area (Å²) in [5.41, 5.74) is 6.19. The van der Waals surface area contributed by atoms with Crippen molar-refractivity contribution in [2.75, 3.05) is 6.67 Å². The van der Waals surface area contributed by atoms with Gasteiger partial charge in [-0.1, -0.05) is 12.1 Å². The van der Waals surface area contributed by atoms with Crippen molar-refractivity contribution >= 4 is 5.69 Å². The molecule has 0 unspecified atom stereocenters. The number of halogens is 1. The summed E-state index contributed by atoms with van der Waals surface area (Å²) in [6.07, 6.45) is 0.182. The third kappa shape index (κ3) is 2.50. The fourth-order valence-electron chi connectivity index (χ4n) is 1.15. The molecule has 1 rings (SSSR count). The van der Waals surface area contributed by atoms with Gasteiger partial charge in [0, 0.05) is 18.2 Å². The normalized spacial score (nSPS) is 12.4. The van der Waals surface area contributed by atoms with Crippen LogP contribution >= 0.6 is 0 Å². The molecule has 0 spiro atoms. The summed E-state index contributed by atoms with van der Waals surface area (Å²) in [5, 5.41) is 10.4. The van der Waals surface area contributed by atoms with Crippen molar-refractivity contribution in [1.82, 2.24) is 0 Å². The van der Waals surface area contributed by atoms with Gasteiger partial charge in [-0.25, -0.2) is 0 Å². The van der Waals surface area contributed by atoms with Crippen molar-refractivity contribution < 1.29 is 9.31 Å². The maximum absolute atomic E-state index is 12.0. The Morgan fingerprint density at radius 1 is 1.57 bits per heavy atom. The smallest absolute Gasteiger partial charge is 0.269 e. The molecule has 0 bridgehead atoms. The third-order valence-electron chi connectivity index (χ3n) is 1.93. The molecule has 0 heterocycles. The highest BCUT2D eigenvalue weighted by atomic mass is 19.1. The molecule has 0 saturated carbocycles. The van der Waals surface area contributed by atoms with Gasteiger partial charge >= 0.3 is 0 Å². The molecule has 0 aromatic heterocycles. The number of hydrogen-bond donors (Lipinski definition) is 1. The van der Waals surface area contributed by atoms with Crippen LogP contribution in [0.2, 0.25) is 0 Å². The number of nitrogens with two attached hydrogens (primary N) is 1. The van der Waals surface area contributed by atoms with E-state index in [4.69, 9.17) is 5.73 Å². The summed E-state index contributed by atoms with van der Waals surface area (Å²) in [6.45, 7) is -0.524. The molecule has 4 nitrogen and oxygen atoms in total. The van der Waals surface area contributed by atoms with Crippen molar-refractivity contribution in [2.24, 2.45) is 5.73 Å². The van der Waals surface area contributed by atoms with Gasteiger partial charge in [-0.3, -0.25) is 14.5 Å². The lowest BCUT2D eigenvalue weighted by Gasteiger charge is -2.08. The van der Waals surface area contributed by atoms with Gasteiger partial charge in [0.15, 0.2) is 0 Å². The Hall–Kier alpha value is -1.49. The molecule has 1 aromatic carbocycles. The molecule has 0 aliphatic heterocycles. The van der Waals surface area contributed by atoms with Crippen molar-refractivity contribution in [3.8, 4) is 0 Å². The van der Waals surface area contributed by atoms with Crippen LogP contribution in [0.15, 0.2) is 24.3 Å². The van der Waals surface area contributed by atoms with Gasteiger partial charge in [-0.2, -0.15) is 0 Å². The number of alkyl halides is 1. The Balaban J connectivity index is 2.87. The Morgan fingerprint density at radius 3 is 2.86 bits per heavy atom. The quantitative estimate of drug-likeness (QED) is 0.593. The lowest BCUT2D eigenvalue weighted by atomic mass is 10.0.